The monoisotopic (exact) mass is 241 g/mol. The second kappa shape index (κ2) is 6.99. The molecule has 0 aliphatic rings. The largest absolute Gasteiger partial charge is 0.314 e. The van der Waals surface area contributed by atoms with Gasteiger partial charge in [0, 0.05) is 24.5 Å². The van der Waals surface area contributed by atoms with Crippen LogP contribution in [0.4, 0.5) is 0 Å². The van der Waals surface area contributed by atoms with E-state index in [0.29, 0.717) is 6.04 Å². The third-order valence-corrected chi connectivity index (χ3v) is 3.81. The van der Waals surface area contributed by atoms with Crippen LogP contribution in [0.25, 0.3) is 0 Å². The Morgan fingerprint density at radius 3 is 2.81 bits per heavy atom. The maximum absolute atomic E-state index is 4.62. The number of nitrogens with one attached hydrogen (secondary N) is 1. The predicted octanol–water partition coefficient (Wildman–Crippen LogP) is 2.48. The van der Waals surface area contributed by atoms with Gasteiger partial charge in [-0.2, -0.15) is 0 Å². The summed E-state index contributed by atoms with van der Waals surface area (Å²) in [5, 5.41) is 6.49. The zero-order valence-electron chi connectivity index (χ0n) is 10.8. The highest BCUT2D eigenvalue weighted by Crippen LogP contribution is 2.14. The van der Waals surface area contributed by atoms with E-state index in [9.17, 15) is 0 Å². The van der Waals surface area contributed by atoms with E-state index in [1.807, 2.05) is 7.05 Å². The first-order valence-electron chi connectivity index (χ1n) is 6.03. The molecule has 1 heterocycles. The normalized spacial score (nSPS) is 13.3. The van der Waals surface area contributed by atoms with Gasteiger partial charge < -0.3 is 5.32 Å². The van der Waals surface area contributed by atoms with Crippen LogP contribution >= 0.6 is 11.3 Å². The van der Waals surface area contributed by atoms with Crippen LogP contribution in [0.1, 0.15) is 37.9 Å². The summed E-state index contributed by atoms with van der Waals surface area (Å²) in [5.74, 6) is 0. The van der Waals surface area contributed by atoms with E-state index in [1.54, 1.807) is 11.3 Å². The van der Waals surface area contributed by atoms with Gasteiger partial charge in [0.25, 0.3) is 0 Å². The maximum atomic E-state index is 4.62. The summed E-state index contributed by atoms with van der Waals surface area (Å²) < 4.78 is 0. The lowest BCUT2D eigenvalue weighted by atomic mass is 10.2. The van der Waals surface area contributed by atoms with Crippen LogP contribution < -0.4 is 5.32 Å². The van der Waals surface area contributed by atoms with Gasteiger partial charge in [-0.3, -0.25) is 4.90 Å². The zero-order chi connectivity index (χ0) is 12.0. The minimum absolute atomic E-state index is 0.638. The van der Waals surface area contributed by atoms with Gasteiger partial charge in [0.15, 0.2) is 0 Å². The molecule has 0 saturated heterocycles. The minimum atomic E-state index is 0.638. The van der Waals surface area contributed by atoms with Gasteiger partial charge >= 0.3 is 0 Å². The number of nitrogens with zero attached hydrogens (tertiary/aromatic N) is 2. The second-order valence-corrected chi connectivity index (χ2v) is 5.03. The Balaban J connectivity index is 2.56. The Morgan fingerprint density at radius 2 is 2.25 bits per heavy atom. The van der Waals surface area contributed by atoms with Gasteiger partial charge in [0.1, 0.15) is 5.01 Å². The summed E-state index contributed by atoms with van der Waals surface area (Å²) >= 11 is 1.75. The van der Waals surface area contributed by atoms with Crippen LogP contribution in [0.15, 0.2) is 5.38 Å². The van der Waals surface area contributed by atoms with E-state index in [4.69, 9.17) is 0 Å². The van der Waals surface area contributed by atoms with Gasteiger partial charge in [0.2, 0.25) is 0 Å². The molecule has 0 amide bonds. The van der Waals surface area contributed by atoms with Crippen LogP contribution in [-0.4, -0.2) is 29.5 Å². The Kier molecular flexibility index (Phi) is 5.95. The van der Waals surface area contributed by atoms with E-state index in [-0.39, 0.29) is 0 Å². The van der Waals surface area contributed by atoms with E-state index >= 15 is 0 Å². The summed E-state index contributed by atoms with van der Waals surface area (Å²) in [6.07, 6.45) is 1.20. The van der Waals surface area contributed by atoms with Gasteiger partial charge in [-0.1, -0.05) is 13.8 Å². The van der Waals surface area contributed by atoms with Gasteiger partial charge in [-0.25, -0.2) is 4.98 Å². The van der Waals surface area contributed by atoms with Crippen molar-refractivity contribution in [3.63, 3.8) is 0 Å². The second-order valence-electron chi connectivity index (χ2n) is 4.08. The van der Waals surface area contributed by atoms with Crippen molar-refractivity contribution >= 4 is 11.3 Å². The fraction of sp³-hybridized carbons (Fsp3) is 0.750. The third-order valence-electron chi connectivity index (χ3n) is 2.91. The van der Waals surface area contributed by atoms with Crippen molar-refractivity contribution in [2.45, 2.75) is 46.3 Å². The molecule has 0 aliphatic heterocycles. The van der Waals surface area contributed by atoms with Crippen LogP contribution in [0.3, 0.4) is 0 Å². The first-order chi connectivity index (χ1) is 7.71. The molecule has 92 valence electrons. The smallest absolute Gasteiger partial charge is 0.107 e. The van der Waals surface area contributed by atoms with Crippen molar-refractivity contribution in [1.82, 2.24) is 15.2 Å². The average molecular weight is 241 g/mol. The van der Waals surface area contributed by atoms with E-state index in [0.717, 1.165) is 19.6 Å². The molecular weight excluding hydrogens is 218 g/mol. The molecule has 3 nitrogen and oxygen atoms in total. The molecule has 1 unspecified atom stereocenters. The Morgan fingerprint density at radius 1 is 1.50 bits per heavy atom. The summed E-state index contributed by atoms with van der Waals surface area (Å²) in [4.78, 5) is 7.09. The number of aromatic nitrogens is 1. The molecule has 0 aromatic carbocycles. The Labute approximate surface area is 103 Å². The first-order valence-corrected chi connectivity index (χ1v) is 6.91. The van der Waals surface area contributed by atoms with Crippen LogP contribution in [0.5, 0.6) is 0 Å². The highest BCUT2D eigenvalue weighted by atomic mass is 32.1. The summed E-state index contributed by atoms with van der Waals surface area (Å²) in [5.41, 5.74) is 1.21. The lowest BCUT2D eigenvalue weighted by Crippen LogP contribution is -2.31. The molecule has 1 rings (SSSR count). The van der Waals surface area contributed by atoms with Gasteiger partial charge in [-0.15, -0.1) is 11.3 Å². The van der Waals surface area contributed by atoms with Gasteiger partial charge in [0.05, 0.1) is 5.69 Å². The third kappa shape index (κ3) is 3.85. The lowest BCUT2D eigenvalue weighted by molar-refractivity contribution is 0.204. The number of hydrogen-bond donors (Lipinski definition) is 1. The van der Waals surface area contributed by atoms with Crippen LogP contribution in [-0.2, 0) is 13.1 Å². The molecule has 16 heavy (non-hydrogen) atoms. The molecule has 1 atom stereocenters. The van der Waals surface area contributed by atoms with Crippen molar-refractivity contribution in [3.8, 4) is 0 Å². The Bertz CT molecular complexity index is 298. The van der Waals surface area contributed by atoms with Crippen LogP contribution in [0.2, 0.25) is 0 Å². The maximum Gasteiger partial charge on any atom is 0.107 e. The van der Waals surface area contributed by atoms with Crippen LogP contribution in [0, 0.1) is 0 Å². The zero-order valence-corrected chi connectivity index (χ0v) is 11.6. The topological polar surface area (TPSA) is 28.2 Å². The fourth-order valence-electron chi connectivity index (χ4n) is 1.70. The van der Waals surface area contributed by atoms with Crippen molar-refractivity contribution in [2.75, 3.05) is 13.6 Å². The summed E-state index contributed by atoms with van der Waals surface area (Å²) in [6, 6.07) is 0.638. The quantitative estimate of drug-likeness (QED) is 0.795. The summed E-state index contributed by atoms with van der Waals surface area (Å²) in [6.45, 7) is 9.68. The molecular formula is C12H23N3S. The molecule has 1 aromatic heterocycles. The predicted molar refractivity (Wildman–Crippen MR) is 70.7 cm³/mol. The number of hydrogen-bond acceptors (Lipinski definition) is 4. The molecule has 0 spiro atoms. The molecule has 1 N–H and O–H groups in total. The van der Waals surface area contributed by atoms with E-state index in [2.05, 4.69) is 41.4 Å². The SMILES string of the molecule is CCC(C)N(CC)Cc1csc(CNC)n1. The first kappa shape index (κ1) is 13.6. The standard InChI is InChI=1S/C12H23N3S/c1-5-10(3)15(6-2)8-11-9-16-12(14-11)7-13-4/h9-10,13H,5-8H2,1-4H3. The van der Waals surface area contributed by atoms with Gasteiger partial charge in [-0.05, 0) is 26.9 Å². The van der Waals surface area contributed by atoms with E-state index in [1.165, 1.54) is 17.1 Å². The molecule has 0 aliphatic carbocycles. The van der Waals surface area contributed by atoms with Crippen molar-refractivity contribution < 1.29 is 0 Å². The fourth-order valence-corrected chi connectivity index (χ4v) is 2.50. The Hall–Kier alpha value is -0.450. The molecule has 0 radical (unpaired) electrons. The number of rotatable bonds is 7. The minimum Gasteiger partial charge on any atom is -0.314 e. The summed E-state index contributed by atoms with van der Waals surface area (Å²) in [7, 11) is 1.96. The van der Waals surface area contributed by atoms with Crippen molar-refractivity contribution in [1.29, 1.82) is 0 Å². The molecule has 0 bridgehead atoms. The molecule has 1 aromatic rings. The highest BCUT2D eigenvalue weighted by molar-refractivity contribution is 7.09. The average Bonchev–Trinajstić information content (AvgIpc) is 2.73. The molecule has 4 heteroatoms. The van der Waals surface area contributed by atoms with Crippen molar-refractivity contribution in [3.05, 3.63) is 16.1 Å². The van der Waals surface area contributed by atoms with E-state index < -0.39 is 0 Å². The van der Waals surface area contributed by atoms with Crippen molar-refractivity contribution in [2.24, 2.45) is 0 Å². The highest BCUT2D eigenvalue weighted by Gasteiger charge is 2.12. The molecule has 0 fully saturated rings. The lowest BCUT2D eigenvalue weighted by Gasteiger charge is -2.25. The number of thiazole rings is 1. The molecule has 0 saturated carbocycles.